The summed E-state index contributed by atoms with van der Waals surface area (Å²) in [5, 5.41) is 4.81. The van der Waals surface area contributed by atoms with Gasteiger partial charge >= 0.3 is 0 Å². The summed E-state index contributed by atoms with van der Waals surface area (Å²) in [5.74, 6) is 0. The Morgan fingerprint density at radius 2 is 2.00 bits per heavy atom. The molecule has 1 aromatic rings. The molecule has 0 aromatic carbocycles. The molecule has 0 saturated carbocycles. The van der Waals surface area contributed by atoms with E-state index in [1.165, 1.54) is 6.92 Å². The van der Waals surface area contributed by atoms with Crippen LogP contribution in [0.15, 0.2) is 11.1 Å². The molecule has 5 nitrogen and oxygen atoms in total. The number of aromatic nitrogens is 1. The Balaban J connectivity index is 3.68. The molecule has 0 radical (unpaired) electrons. The average molecular weight is 237 g/mol. The zero-order valence-electron chi connectivity index (χ0n) is 7.74. The van der Waals surface area contributed by atoms with Crippen LogP contribution in [0.4, 0.5) is 14.5 Å². The molecule has 0 atom stereocenters. The van der Waals surface area contributed by atoms with Crippen LogP contribution in [0.3, 0.4) is 0 Å². The van der Waals surface area contributed by atoms with Crippen LogP contribution in [0.25, 0.3) is 0 Å². The van der Waals surface area contributed by atoms with Crippen LogP contribution < -0.4 is 10.9 Å². The third kappa shape index (κ3) is 2.21. The molecule has 0 amide bonds. The number of alkyl halides is 2. The number of nitrogen functional groups attached to an aromatic ring is 1. The lowest BCUT2D eigenvalue weighted by Gasteiger charge is -2.11. The highest BCUT2D eigenvalue weighted by molar-refractivity contribution is 7.89. The number of rotatable bonds is 2. The van der Waals surface area contributed by atoms with Crippen molar-refractivity contribution in [1.82, 2.24) is 4.98 Å². The first kappa shape index (κ1) is 11.8. The number of nitrogens with zero attached hydrogens (tertiary/aromatic N) is 1. The van der Waals surface area contributed by atoms with Crippen molar-refractivity contribution in [2.24, 2.45) is 5.14 Å². The molecule has 0 bridgehead atoms. The Bertz CT molecular complexity index is 487. The lowest BCUT2D eigenvalue weighted by atomic mass is 10.2. The summed E-state index contributed by atoms with van der Waals surface area (Å²) in [4.78, 5) is 2.87. The largest absolute Gasteiger partial charge is 0.397 e. The third-order valence-electron chi connectivity index (χ3n) is 1.78. The van der Waals surface area contributed by atoms with E-state index in [4.69, 9.17) is 10.9 Å². The number of sulfonamides is 1. The van der Waals surface area contributed by atoms with Crippen LogP contribution >= 0.6 is 0 Å². The Morgan fingerprint density at radius 3 is 2.33 bits per heavy atom. The van der Waals surface area contributed by atoms with Gasteiger partial charge in [-0.05, 0) is 6.92 Å². The maximum absolute atomic E-state index is 12.6. The van der Waals surface area contributed by atoms with Gasteiger partial charge < -0.3 is 5.73 Å². The predicted molar refractivity (Wildman–Crippen MR) is 49.7 cm³/mol. The van der Waals surface area contributed by atoms with Crippen LogP contribution in [0, 0.1) is 6.92 Å². The van der Waals surface area contributed by atoms with Crippen molar-refractivity contribution in [3.63, 3.8) is 0 Å². The maximum Gasteiger partial charge on any atom is 0.267 e. The van der Waals surface area contributed by atoms with Gasteiger partial charge in [-0.1, -0.05) is 0 Å². The second-order valence-electron chi connectivity index (χ2n) is 2.89. The monoisotopic (exact) mass is 237 g/mol. The molecule has 0 aliphatic rings. The SMILES string of the molecule is Cc1ncc(N)c(C(F)F)c1S(N)(=O)=O. The van der Waals surface area contributed by atoms with E-state index in [1.807, 2.05) is 0 Å². The van der Waals surface area contributed by atoms with Crippen molar-refractivity contribution >= 4 is 15.7 Å². The van der Waals surface area contributed by atoms with Gasteiger partial charge in [0.05, 0.1) is 23.1 Å². The zero-order chi connectivity index (χ0) is 11.8. The standard InChI is InChI=1S/C7H9F2N3O2S/c1-3-6(15(11,13)14)5(7(8)9)4(10)2-12-3/h2,7H,10H2,1H3,(H2,11,13,14). The van der Waals surface area contributed by atoms with Gasteiger partial charge in [0.15, 0.2) is 0 Å². The minimum absolute atomic E-state index is 0.0954. The third-order valence-corrected chi connectivity index (χ3v) is 2.87. The molecule has 8 heteroatoms. The van der Waals surface area contributed by atoms with E-state index in [9.17, 15) is 17.2 Å². The first-order valence-electron chi connectivity index (χ1n) is 3.81. The molecule has 0 aliphatic heterocycles. The van der Waals surface area contributed by atoms with Crippen LogP contribution in [-0.4, -0.2) is 13.4 Å². The number of hydrogen-bond donors (Lipinski definition) is 2. The summed E-state index contributed by atoms with van der Waals surface area (Å²) in [5.41, 5.74) is 3.95. The number of anilines is 1. The van der Waals surface area contributed by atoms with Crippen LogP contribution in [0.2, 0.25) is 0 Å². The van der Waals surface area contributed by atoms with Crippen molar-refractivity contribution in [1.29, 1.82) is 0 Å². The second-order valence-corrected chi connectivity index (χ2v) is 4.39. The van der Waals surface area contributed by atoms with Crippen molar-refractivity contribution in [3.05, 3.63) is 17.5 Å². The smallest absolute Gasteiger partial charge is 0.267 e. The molecule has 0 spiro atoms. The van der Waals surface area contributed by atoms with E-state index in [0.717, 1.165) is 6.20 Å². The number of halogens is 2. The van der Waals surface area contributed by atoms with Gasteiger partial charge in [-0.3, -0.25) is 4.98 Å². The topological polar surface area (TPSA) is 99.1 Å². The Hall–Kier alpha value is -1.28. The van der Waals surface area contributed by atoms with Gasteiger partial charge in [0.2, 0.25) is 10.0 Å². The van der Waals surface area contributed by atoms with E-state index in [-0.39, 0.29) is 11.4 Å². The summed E-state index contributed by atoms with van der Waals surface area (Å²) < 4.78 is 47.3. The van der Waals surface area contributed by atoms with Gasteiger partial charge in [-0.25, -0.2) is 22.3 Å². The quantitative estimate of drug-likeness (QED) is 0.784. The number of hydrogen-bond acceptors (Lipinski definition) is 4. The molecular formula is C7H9F2N3O2S. The van der Waals surface area contributed by atoms with E-state index in [2.05, 4.69) is 4.98 Å². The first-order chi connectivity index (χ1) is 6.75. The molecule has 15 heavy (non-hydrogen) atoms. The van der Waals surface area contributed by atoms with Gasteiger partial charge in [0.1, 0.15) is 4.90 Å². The highest BCUT2D eigenvalue weighted by Gasteiger charge is 2.26. The number of aryl methyl sites for hydroxylation is 1. The van der Waals surface area contributed by atoms with E-state index in [0.29, 0.717) is 0 Å². The minimum Gasteiger partial charge on any atom is -0.397 e. The number of pyridine rings is 1. The highest BCUT2D eigenvalue weighted by Crippen LogP contribution is 2.31. The van der Waals surface area contributed by atoms with Gasteiger partial charge in [0, 0.05) is 0 Å². The summed E-state index contributed by atoms with van der Waals surface area (Å²) in [6, 6.07) is 0. The Kier molecular flexibility index (Phi) is 2.91. The molecule has 0 aliphatic carbocycles. The number of primary sulfonamides is 1. The Labute approximate surface area is 85.2 Å². The molecule has 84 valence electrons. The molecule has 1 heterocycles. The normalized spacial score (nSPS) is 12.1. The van der Waals surface area contributed by atoms with E-state index < -0.39 is 26.9 Å². The predicted octanol–water partition coefficient (Wildman–Crippen LogP) is 0.557. The maximum atomic E-state index is 12.6. The summed E-state index contributed by atoms with van der Waals surface area (Å²) in [6.45, 7) is 1.27. The van der Waals surface area contributed by atoms with Crippen molar-refractivity contribution in [3.8, 4) is 0 Å². The van der Waals surface area contributed by atoms with Crippen LogP contribution in [-0.2, 0) is 10.0 Å². The first-order valence-corrected chi connectivity index (χ1v) is 5.35. The van der Waals surface area contributed by atoms with E-state index >= 15 is 0 Å². The lowest BCUT2D eigenvalue weighted by molar-refractivity contribution is 0.148. The Morgan fingerprint density at radius 1 is 1.47 bits per heavy atom. The average Bonchev–Trinajstić information content (AvgIpc) is 2.05. The fraction of sp³-hybridized carbons (Fsp3) is 0.286. The molecule has 1 rings (SSSR count). The minimum atomic E-state index is -4.25. The van der Waals surface area contributed by atoms with E-state index in [1.54, 1.807) is 0 Å². The fourth-order valence-electron chi connectivity index (χ4n) is 1.20. The fourth-order valence-corrected chi connectivity index (χ4v) is 2.18. The molecule has 0 fully saturated rings. The molecule has 0 saturated heterocycles. The van der Waals surface area contributed by atoms with Crippen molar-refractivity contribution in [2.75, 3.05) is 5.73 Å². The van der Waals surface area contributed by atoms with Gasteiger partial charge in [-0.15, -0.1) is 0 Å². The lowest BCUT2D eigenvalue weighted by Crippen LogP contribution is -2.18. The van der Waals surface area contributed by atoms with Gasteiger partial charge in [0.25, 0.3) is 6.43 Å². The zero-order valence-corrected chi connectivity index (χ0v) is 8.55. The number of nitrogens with two attached hydrogens (primary N) is 2. The van der Waals surface area contributed by atoms with Crippen LogP contribution in [0.5, 0.6) is 0 Å². The van der Waals surface area contributed by atoms with Crippen molar-refractivity contribution < 1.29 is 17.2 Å². The molecule has 1 aromatic heterocycles. The summed E-state index contributed by atoms with van der Waals surface area (Å²) in [6.07, 6.45) is -2.04. The highest BCUT2D eigenvalue weighted by atomic mass is 32.2. The van der Waals surface area contributed by atoms with Crippen LogP contribution in [0.1, 0.15) is 17.7 Å². The molecular weight excluding hydrogens is 228 g/mol. The van der Waals surface area contributed by atoms with Crippen molar-refractivity contribution in [2.45, 2.75) is 18.2 Å². The summed E-state index contributed by atoms with van der Waals surface area (Å²) in [7, 11) is -4.25. The van der Waals surface area contributed by atoms with Gasteiger partial charge in [-0.2, -0.15) is 0 Å². The summed E-state index contributed by atoms with van der Waals surface area (Å²) >= 11 is 0. The second kappa shape index (κ2) is 3.70. The molecule has 0 unspecified atom stereocenters. The molecule has 4 N–H and O–H groups in total.